The summed E-state index contributed by atoms with van der Waals surface area (Å²) in [6.07, 6.45) is 0. The van der Waals surface area contributed by atoms with Crippen LogP contribution >= 0.6 is 17.0 Å². The van der Waals surface area contributed by atoms with Gasteiger partial charge in [-0.1, -0.05) is 0 Å². The van der Waals surface area contributed by atoms with Crippen molar-refractivity contribution in [2.75, 3.05) is 0 Å². The molecule has 0 saturated carbocycles. The summed E-state index contributed by atoms with van der Waals surface area (Å²) in [6.45, 7) is 0. The van der Waals surface area contributed by atoms with Crippen molar-refractivity contribution in [1.29, 1.82) is 0 Å². The quantitative estimate of drug-likeness (QED) is 0.743. The van der Waals surface area contributed by atoms with E-state index in [-0.39, 0.29) is 17.0 Å². The third kappa shape index (κ3) is 3.30. The second-order valence-corrected chi connectivity index (χ2v) is 5.13. The topological polar surface area (TPSA) is 0 Å². The van der Waals surface area contributed by atoms with E-state index in [1.807, 2.05) is 0 Å². The third-order valence-corrected chi connectivity index (χ3v) is 3.85. The van der Waals surface area contributed by atoms with E-state index in [1.54, 1.807) is 0 Å². The summed E-state index contributed by atoms with van der Waals surface area (Å²) < 4.78 is 2.86. The number of benzene rings is 2. The van der Waals surface area contributed by atoms with Crippen molar-refractivity contribution in [2.24, 2.45) is 0 Å². The summed E-state index contributed by atoms with van der Waals surface area (Å²) >= 11 is 0.461. The zero-order chi connectivity index (χ0) is 8.93. The second kappa shape index (κ2) is 6.02. The van der Waals surface area contributed by atoms with Crippen LogP contribution in [0, 0.1) is 0 Å². The van der Waals surface area contributed by atoms with Gasteiger partial charge in [-0.25, -0.2) is 0 Å². The Labute approximate surface area is 101 Å². The van der Waals surface area contributed by atoms with Gasteiger partial charge in [-0.3, -0.25) is 0 Å². The Bertz CT molecular complexity index is 321. The fourth-order valence-corrected chi connectivity index (χ4v) is 2.91. The summed E-state index contributed by atoms with van der Waals surface area (Å²) in [5, 5.41) is 0. The maximum atomic E-state index is 2.19. The molecular weight excluding hydrogens is 303 g/mol. The third-order valence-electron chi connectivity index (χ3n) is 1.72. The molecule has 0 radical (unpaired) electrons. The van der Waals surface area contributed by atoms with Crippen LogP contribution in [0.5, 0.6) is 0 Å². The molecule has 0 spiro atoms. The molecule has 0 aliphatic carbocycles. The van der Waals surface area contributed by atoms with Gasteiger partial charge in [0.25, 0.3) is 0 Å². The molecule has 0 atom stereocenters. The van der Waals surface area contributed by atoms with Crippen LogP contribution in [0.2, 0.25) is 0 Å². The van der Waals surface area contributed by atoms with E-state index in [9.17, 15) is 0 Å². The van der Waals surface area contributed by atoms with Crippen molar-refractivity contribution >= 4 is 40.9 Å². The molecule has 0 saturated heterocycles. The van der Waals surface area contributed by atoms with Crippen LogP contribution in [0.15, 0.2) is 60.7 Å². The first-order valence-corrected chi connectivity index (χ1v) is 5.94. The molecule has 0 unspecified atom stereocenters. The molecule has 0 aliphatic heterocycles. The summed E-state index contributed by atoms with van der Waals surface area (Å²) in [4.78, 5) is 0. The van der Waals surface area contributed by atoms with Crippen molar-refractivity contribution in [3.05, 3.63) is 60.7 Å². The molecule has 0 heterocycles. The molecule has 14 heavy (non-hydrogen) atoms. The fraction of sp³-hybridized carbons (Fsp3) is 0. The van der Waals surface area contributed by atoms with Gasteiger partial charge in [0, 0.05) is 0 Å². The minimum absolute atomic E-state index is 0. The molecule has 0 aromatic heterocycles. The normalized spacial score (nSPS) is 9.14. The second-order valence-electron chi connectivity index (χ2n) is 2.73. The molecule has 2 heteroatoms. The fourth-order valence-electron chi connectivity index (χ4n) is 1.11. The number of hydrogen-bond donors (Lipinski definition) is 0. The first-order chi connectivity index (χ1) is 6.45. The Morgan fingerprint density at radius 2 is 0.929 bits per heavy atom. The Hall–Kier alpha value is -0.561. The van der Waals surface area contributed by atoms with E-state index in [1.165, 1.54) is 8.92 Å². The Kier molecular flexibility index (Phi) is 4.95. The van der Waals surface area contributed by atoms with E-state index >= 15 is 0 Å². The van der Waals surface area contributed by atoms with E-state index in [4.69, 9.17) is 0 Å². The monoisotopic (exact) mass is 314 g/mol. The van der Waals surface area contributed by atoms with Crippen LogP contribution in [0.3, 0.4) is 0 Å². The summed E-state index contributed by atoms with van der Waals surface area (Å²) in [5.41, 5.74) is 0. The predicted molar refractivity (Wildman–Crippen MR) is 68.2 cm³/mol. The van der Waals surface area contributed by atoms with Gasteiger partial charge in [0.2, 0.25) is 0 Å². The molecule has 2 aromatic carbocycles. The van der Waals surface area contributed by atoms with Gasteiger partial charge in [-0.05, 0) is 0 Å². The van der Waals surface area contributed by atoms with E-state index < -0.39 is 0 Å². The van der Waals surface area contributed by atoms with Gasteiger partial charge >= 0.3 is 84.5 Å². The summed E-state index contributed by atoms with van der Waals surface area (Å²) in [7, 11) is 0. The molecule has 0 aliphatic rings. The van der Waals surface area contributed by atoms with Gasteiger partial charge < -0.3 is 0 Å². The van der Waals surface area contributed by atoms with Gasteiger partial charge in [0.1, 0.15) is 0 Å². The zero-order valence-electron chi connectivity index (χ0n) is 7.59. The van der Waals surface area contributed by atoms with Gasteiger partial charge in [0.05, 0.1) is 0 Å². The van der Waals surface area contributed by atoms with Crippen LogP contribution in [-0.2, 0) is 0 Å². The van der Waals surface area contributed by atoms with Crippen molar-refractivity contribution in [3.8, 4) is 0 Å². The minimum atomic E-state index is 0. The maximum absolute atomic E-state index is 2.19. The molecule has 0 nitrogen and oxygen atoms in total. The van der Waals surface area contributed by atoms with Crippen LogP contribution in [0.1, 0.15) is 0 Å². The number of rotatable bonds is 2. The Balaban J connectivity index is 0.000000980. The predicted octanol–water partition coefficient (Wildman–Crippen LogP) is 1.92. The number of hydrogen-bond acceptors (Lipinski definition) is 0. The van der Waals surface area contributed by atoms with Crippen molar-refractivity contribution < 1.29 is 0 Å². The van der Waals surface area contributed by atoms with Crippen LogP contribution < -0.4 is 8.92 Å². The zero-order valence-corrected chi connectivity index (χ0v) is 11.0. The standard InChI is InChI=1S/C12H10Se.BrH/c1-3-7-11(8-4-1)13-12-9-5-2-6-10-12;/h1-10H;1H. The van der Waals surface area contributed by atoms with Crippen molar-refractivity contribution in [2.45, 2.75) is 0 Å². The summed E-state index contributed by atoms with van der Waals surface area (Å²) in [6, 6.07) is 21.3. The van der Waals surface area contributed by atoms with E-state index in [2.05, 4.69) is 60.7 Å². The molecule has 0 amide bonds. The van der Waals surface area contributed by atoms with Crippen molar-refractivity contribution in [3.63, 3.8) is 0 Å². The van der Waals surface area contributed by atoms with Crippen molar-refractivity contribution in [1.82, 2.24) is 0 Å². The van der Waals surface area contributed by atoms with Crippen LogP contribution in [-0.4, -0.2) is 15.0 Å². The van der Waals surface area contributed by atoms with Gasteiger partial charge in [-0.2, -0.15) is 0 Å². The Morgan fingerprint density at radius 1 is 0.571 bits per heavy atom. The molecule has 0 N–H and O–H groups in total. The first-order valence-electron chi connectivity index (χ1n) is 4.23. The van der Waals surface area contributed by atoms with Crippen LogP contribution in [0.25, 0.3) is 0 Å². The molecule has 72 valence electrons. The Morgan fingerprint density at radius 3 is 1.29 bits per heavy atom. The van der Waals surface area contributed by atoms with Gasteiger partial charge in [0.15, 0.2) is 0 Å². The SMILES string of the molecule is Br.c1ccc([Se]c2ccccc2)cc1. The molecule has 2 aromatic rings. The molecule has 0 bridgehead atoms. The number of halogens is 1. The van der Waals surface area contributed by atoms with E-state index in [0.29, 0.717) is 15.0 Å². The molecule has 0 fully saturated rings. The molecular formula is C12H11BrSe. The molecule has 2 rings (SSSR count). The summed E-state index contributed by atoms with van der Waals surface area (Å²) in [5.74, 6) is 0. The van der Waals surface area contributed by atoms with E-state index in [0.717, 1.165) is 0 Å². The average molecular weight is 314 g/mol. The van der Waals surface area contributed by atoms with Gasteiger partial charge in [-0.15, -0.1) is 17.0 Å². The average Bonchev–Trinajstić information content (AvgIpc) is 2.21. The first kappa shape index (κ1) is 11.5. The van der Waals surface area contributed by atoms with Crippen LogP contribution in [0.4, 0.5) is 0 Å².